The topological polar surface area (TPSA) is 49.4 Å². The van der Waals surface area contributed by atoms with E-state index in [0.29, 0.717) is 19.4 Å². The summed E-state index contributed by atoms with van der Waals surface area (Å²) >= 11 is 0. The van der Waals surface area contributed by atoms with Crippen LogP contribution in [0.3, 0.4) is 0 Å². The first-order valence-electron chi connectivity index (χ1n) is 7.72. The van der Waals surface area contributed by atoms with Gasteiger partial charge in [-0.2, -0.15) is 0 Å². The number of nitrogens with one attached hydrogen (secondary N) is 1. The third-order valence-electron chi connectivity index (χ3n) is 3.89. The van der Waals surface area contributed by atoms with Gasteiger partial charge in [0.2, 0.25) is 5.91 Å². The van der Waals surface area contributed by atoms with Crippen molar-refractivity contribution in [2.45, 2.75) is 26.2 Å². The van der Waals surface area contributed by atoms with E-state index in [1.807, 2.05) is 12.1 Å². The van der Waals surface area contributed by atoms with E-state index in [4.69, 9.17) is 0 Å². The van der Waals surface area contributed by atoms with Gasteiger partial charge in [-0.3, -0.25) is 9.69 Å². The minimum atomic E-state index is -2.04. The molecule has 1 aliphatic heterocycles. The summed E-state index contributed by atoms with van der Waals surface area (Å²) < 4.78 is 11.8. The van der Waals surface area contributed by atoms with Crippen LogP contribution in [0.25, 0.3) is 0 Å². The highest BCUT2D eigenvalue weighted by Crippen LogP contribution is 2.38. The van der Waals surface area contributed by atoms with Gasteiger partial charge in [-0.25, -0.2) is 0 Å². The van der Waals surface area contributed by atoms with Gasteiger partial charge in [0.05, 0.1) is 19.3 Å². The third-order valence-corrected chi connectivity index (χ3v) is 4.97. The minimum Gasteiger partial charge on any atom is -0.326 e. The van der Waals surface area contributed by atoms with E-state index in [1.54, 1.807) is 13.3 Å². The van der Waals surface area contributed by atoms with Gasteiger partial charge < -0.3 is 9.88 Å². The van der Waals surface area contributed by atoms with Crippen LogP contribution in [0.1, 0.15) is 26.3 Å². The van der Waals surface area contributed by atoms with Crippen LogP contribution in [0, 0.1) is 5.92 Å². The number of hydrogen-bond donors (Lipinski definition) is 1. The molecule has 0 atom stereocenters. The Morgan fingerprint density at radius 2 is 1.77 bits per heavy atom. The van der Waals surface area contributed by atoms with E-state index in [1.165, 1.54) is 5.56 Å². The number of carbonyl (C=O) groups is 1. The highest BCUT2D eigenvalue weighted by molar-refractivity contribution is 7.62. The van der Waals surface area contributed by atoms with Gasteiger partial charge in [0.25, 0.3) is 0 Å². The molecule has 1 aromatic carbocycles. The molecule has 1 aliphatic rings. The SMILES string of the molecule is CC(C)(C)c1ccc(NC(=O)C2CN(CP(C)(C)=O)C2)cc1. The zero-order valence-electron chi connectivity index (χ0n) is 14.2. The first-order valence-corrected chi connectivity index (χ1v) is 10.5. The normalized spacial score (nSPS) is 17.1. The van der Waals surface area contributed by atoms with E-state index in [0.717, 1.165) is 5.69 Å². The number of rotatable bonds is 4. The van der Waals surface area contributed by atoms with Crippen molar-refractivity contribution in [1.29, 1.82) is 0 Å². The fraction of sp³-hybridized carbons (Fsp3) is 0.588. The van der Waals surface area contributed by atoms with Crippen molar-refractivity contribution in [2.24, 2.45) is 5.92 Å². The van der Waals surface area contributed by atoms with Gasteiger partial charge in [0.1, 0.15) is 0 Å². The van der Waals surface area contributed by atoms with Gasteiger partial charge in [-0.15, -0.1) is 0 Å². The average Bonchev–Trinajstić information content (AvgIpc) is 2.31. The maximum Gasteiger partial charge on any atom is 0.230 e. The Morgan fingerprint density at radius 3 is 2.23 bits per heavy atom. The van der Waals surface area contributed by atoms with Crippen molar-refractivity contribution in [1.82, 2.24) is 4.90 Å². The van der Waals surface area contributed by atoms with Crippen LogP contribution in [-0.2, 0) is 14.8 Å². The Hall–Kier alpha value is -1.12. The third kappa shape index (κ3) is 4.69. The van der Waals surface area contributed by atoms with Gasteiger partial charge in [0.15, 0.2) is 0 Å². The van der Waals surface area contributed by atoms with Crippen molar-refractivity contribution >= 4 is 18.7 Å². The lowest BCUT2D eigenvalue weighted by molar-refractivity contribution is -0.124. The molecule has 0 aliphatic carbocycles. The molecule has 1 N–H and O–H groups in total. The Morgan fingerprint density at radius 1 is 1.23 bits per heavy atom. The highest BCUT2D eigenvalue weighted by Gasteiger charge is 2.34. The lowest BCUT2D eigenvalue weighted by atomic mass is 9.87. The number of benzene rings is 1. The zero-order valence-corrected chi connectivity index (χ0v) is 15.1. The minimum absolute atomic E-state index is 0.00819. The Balaban J connectivity index is 1.85. The van der Waals surface area contributed by atoms with Crippen LogP contribution in [0.5, 0.6) is 0 Å². The summed E-state index contributed by atoms with van der Waals surface area (Å²) in [4.78, 5) is 14.3. The smallest absolute Gasteiger partial charge is 0.230 e. The summed E-state index contributed by atoms with van der Waals surface area (Å²) in [5, 5.41) is 2.97. The molecular weight excluding hydrogens is 295 g/mol. The van der Waals surface area contributed by atoms with Crippen molar-refractivity contribution in [3.63, 3.8) is 0 Å². The van der Waals surface area contributed by atoms with Crippen molar-refractivity contribution in [2.75, 3.05) is 38.0 Å². The molecule has 0 spiro atoms. The molecule has 122 valence electrons. The van der Waals surface area contributed by atoms with E-state index in [9.17, 15) is 9.36 Å². The monoisotopic (exact) mass is 322 g/mol. The van der Waals surface area contributed by atoms with Crippen molar-refractivity contribution in [3.8, 4) is 0 Å². The second-order valence-electron chi connectivity index (χ2n) is 7.76. The molecule has 1 aromatic rings. The number of anilines is 1. The van der Waals surface area contributed by atoms with Gasteiger partial charge in [-0.1, -0.05) is 32.9 Å². The quantitative estimate of drug-likeness (QED) is 0.864. The molecule has 0 radical (unpaired) electrons. The molecule has 0 unspecified atom stereocenters. The van der Waals surface area contributed by atoms with Gasteiger partial charge in [-0.05, 0) is 36.4 Å². The molecule has 1 amide bonds. The molecule has 0 bridgehead atoms. The van der Waals surface area contributed by atoms with E-state index in [2.05, 4.69) is 43.1 Å². The number of hydrogen-bond acceptors (Lipinski definition) is 3. The summed E-state index contributed by atoms with van der Waals surface area (Å²) in [6, 6.07) is 8.04. The average molecular weight is 322 g/mol. The van der Waals surface area contributed by atoms with Crippen LogP contribution in [0.2, 0.25) is 0 Å². The van der Waals surface area contributed by atoms with Crippen LogP contribution in [0.4, 0.5) is 5.69 Å². The Bertz CT molecular complexity index is 578. The standard InChI is InChI=1S/C17H27N2O2P/c1-17(2,3)14-6-8-15(9-7-14)18-16(20)13-10-19(11-13)12-22(4,5)21/h6-9,13H,10-12H2,1-5H3,(H,18,20). The molecule has 0 aromatic heterocycles. The molecule has 22 heavy (non-hydrogen) atoms. The van der Waals surface area contributed by atoms with E-state index < -0.39 is 7.14 Å². The maximum atomic E-state index is 12.2. The maximum absolute atomic E-state index is 12.2. The predicted octanol–water partition coefficient (Wildman–Crippen LogP) is 3.43. The van der Waals surface area contributed by atoms with Gasteiger partial charge >= 0.3 is 0 Å². The summed E-state index contributed by atoms with van der Waals surface area (Å²) in [6.45, 7) is 11.5. The van der Waals surface area contributed by atoms with Crippen LogP contribution >= 0.6 is 7.14 Å². The molecule has 0 saturated carbocycles. The Labute approximate surface area is 133 Å². The highest BCUT2D eigenvalue weighted by atomic mass is 31.2. The number of nitrogens with zero attached hydrogens (tertiary/aromatic N) is 1. The summed E-state index contributed by atoms with van der Waals surface area (Å²) in [5.74, 6) is 0.0654. The number of amides is 1. The predicted molar refractivity (Wildman–Crippen MR) is 93.2 cm³/mol. The lowest BCUT2D eigenvalue weighted by Gasteiger charge is -2.38. The van der Waals surface area contributed by atoms with E-state index in [-0.39, 0.29) is 17.2 Å². The molecular formula is C17H27N2O2P. The molecule has 1 saturated heterocycles. The molecule has 2 rings (SSSR count). The summed E-state index contributed by atoms with van der Waals surface area (Å²) in [6.07, 6.45) is 0.608. The van der Waals surface area contributed by atoms with Crippen molar-refractivity contribution in [3.05, 3.63) is 29.8 Å². The Kier molecular flexibility index (Phi) is 4.84. The fourth-order valence-corrected chi connectivity index (χ4v) is 3.82. The molecule has 1 heterocycles. The summed E-state index contributed by atoms with van der Waals surface area (Å²) in [7, 11) is -2.04. The zero-order chi connectivity index (χ0) is 16.5. The van der Waals surface area contributed by atoms with Crippen LogP contribution in [-0.4, -0.2) is 43.5 Å². The molecule has 1 fully saturated rings. The molecule has 4 nitrogen and oxygen atoms in total. The fourth-order valence-electron chi connectivity index (χ4n) is 2.63. The van der Waals surface area contributed by atoms with E-state index >= 15 is 0 Å². The number of likely N-dealkylation sites (tertiary alicyclic amines) is 1. The first-order chi connectivity index (χ1) is 10.0. The number of carbonyl (C=O) groups excluding carboxylic acids is 1. The second-order valence-corrected chi connectivity index (χ2v) is 11.2. The van der Waals surface area contributed by atoms with Crippen LogP contribution < -0.4 is 5.32 Å². The second kappa shape index (κ2) is 6.17. The van der Waals surface area contributed by atoms with Crippen LogP contribution in [0.15, 0.2) is 24.3 Å². The lowest BCUT2D eigenvalue weighted by Crippen LogP contribution is -2.51. The first kappa shape index (κ1) is 17.2. The summed E-state index contributed by atoms with van der Waals surface area (Å²) in [5.41, 5.74) is 2.21. The molecule has 5 heteroatoms. The largest absolute Gasteiger partial charge is 0.326 e. The van der Waals surface area contributed by atoms with Gasteiger partial charge in [0, 0.05) is 18.8 Å². The van der Waals surface area contributed by atoms with Crippen molar-refractivity contribution < 1.29 is 9.36 Å².